The second-order valence-corrected chi connectivity index (χ2v) is 16.7. The number of hydrogen-bond acceptors (Lipinski definition) is 2. The second-order valence-electron chi connectivity index (χ2n) is 14.5. The molecule has 2 aromatic carbocycles. The Morgan fingerprint density at radius 3 is 0.583 bits per heavy atom. The Morgan fingerprint density at radius 1 is 0.194 bits per heavy atom. The molecule has 406 valence electrons. The molecule has 0 N–H and O–H groups in total. The van der Waals surface area contributed by atoms with E-state index in [-0.39, 0.29) is 43.8 Å². The Morgan fingerprint density at radius 2 is 0.375 bits per heavy atom. The van der Waals surface area contributed by atoms with Crippen molar-refractivity contribution < 1.29 is 149 Å². The fourth-order valence-electron chi connectivity index (χ4n) is 5.63. The highest BCUT2D eigenvalue weighted by Gasteiger charge is 2.97. The van der Waals surface area contributed by atoms with E-state index < -0.39 is 118 Å². The maximum atomic E-state index is 14.8. The molecule has 0 unspecified atom stereocenters. The lowest BCUT2D eigenvalue weighted by atomic mass is 9.87. The molecule has 0 nitrogen and oxygen atoms in total. The smallest absolute Gasteiger partial charge is 0.194 e. The maximum absolute atomic E-state index is 14.8. The molecule has 0 radical (unpaired) electrons. The van der Waals surface area contributed by atoms with Gasteiger partial charge in [0.1, 0.15) is 0 Å². The Bertz CT molecular complexity index is 2390. The summed E-state index contributed by atoms with van der Waals surface area (Å²) in [5.74, 6) is -116. The third kappa shape index (κ3) is 8.08. The van der Waals surface area contributed by atoms with Crippen LogP contribution in [0.3, 0.4) is 0 Å². The summed E-state index contributed by atoms with van der Waals surface area (Å²) in [5, 5.41) is 0. The zero-order valence-corrected chi connectivity index (χ0v) is 34.2. The third-order valence-corrected chi connectivity index (χ3v) is 12.4. The summed E-state index contributed by atoms with van der Waals surface area (Å²) in [5.41, 5.74) is -5.90. The van der Waals surface area contributed by atoms with Crippen molar-refractivity contribution in [2.45, 2.75) is 95.3 Å². The van der Waals surface area contributed by atoms with Crippen LogP contribution >= 0.6 is 22.7 Å². The second kappa shape index (κ2) is 17.0. The fourth-order valence-corrected chi connectivity index (χ4v) is 7.74. The Balaban J connectivity index is 1.59. The molecule has 4 rings (SSSR count). The normalized spacial score (nSPS) is 15.6. The van der Waals surface area contributed by atoms with Gasteiger partial charge < -0.3 is 0 Å². The van der Waals surface area contributed by atoms with Crippen LogP contribution in [0.4, 0.5) is 149 Å². The van der Waals surface area contributed by atoms with E-state index in [1.54, 1.807) is 0 Å². The highest BCUT2D eigenvalue weighted by Crippen LogP contribution is 2.67. The average molecular weight is 1150 g/mol. The fraction of sp³-hybridized carbons (Fsp3) is 0.444. The van der Waals surface area contributed by atoms with Gasteiger partial charge in [0.2, 0.25) is 0 Å². The molecule has 0 bridgehead atoms. The minimum Gasteiger partial charge on any atom is -0.194 e. The number of thiophene rings is 2. The molecule has 0 saturated carbocycles. The first-order valence-electron chi connectivity index (χ1n) is 17.5. The lowest BCUT2D eigenvalue weighted by molar-refractivity contribution is -0.462. The molecule has 0 aliphatic rings. The molecule has 72 heavy (non-hydrogen) atoms. The first-order chi connectivity index (χ1) is 31.6. The van der Waals surface area contributed by atoms with Crippen LogP contribution in [0.2, 0.25) is 0 Å². The first kappa shape index (κ1) is 60.0. The van der Waals surface area contributed by atoms with Gasteiger partial charge in [0.15, 0.2) is 0 Å². The van der Waals surface area contributed by atoms with Crippen molar-refractivity contribution in [3.8, 4) is 30.6 Å². The van der Waals surface area contributed by atoms with Gasteiger partial charge in [0, 0.05) is 30.6 Å². The van der Waals surface area contributed by atoms with Crippen LogP contribution in [0, 0.1) is 0 Å². The molecular formula is C36H12F34S2. The third-order valence-electron chi connectivity index (χ3n) is 9.96. The predicted molar refractivity (Wildman–Crippen MR) is 178 cm³/mol. The van der Waals surface area contributed by atoms with Crippen molar-refractivity contribution in [3.05, 3.63) is 83.9 Å². The summed E-state index contributed by atoms with van der Waals surface area (Å²) in [6, 6.07) is 4.27. The number of halogens is 34. The van der Waals surface area contributed by atoms with Crippen LogP contribution in [-0.4, -0.2) is 83.4 Å². The van der Waals surface area contributed by atoms with Gasteiger partial charge in [0.05, 0.1) is 0 Å². The van der Waals surface area contributed by atoms with Crippen LogP contribution in [-0.2, 0) is 11.8 Å². The first-order valence-corrected chi connectivity index (χ1v) is 19.1. The summed E-state index contributed by atoms with van der Waals surface area (Å²) in [6.45, 7) is 0. The molecular weight excluding hydrogens is 1140 g/mol. The zero-order chi connectivity index (χ0) is 56.5. The van der Waals surface area contributed by atoms with Gasteiger partial charge in [0.25, 0.3) is 0 Å². The Kier molecular flexibility index (Phi) is 14.2. The Labute approximate surface area is 381 Å². The van der Waals surface area contributed by atoms with Gasteiger partial charge >= 0.3 is 95.3 Å². The van der Waals surface area contributed by atoms with Crippen LogP contribution in [0.1, 0.15) is 11.1 Å². The summed E-state index contributed by atoms with van der Waals surface area (Å²) in [7, 11) is 0. The molecule has 0 atom stereocenters. The van der Waals surface area contributed by atoms with Gasteiger partial charge in [-0.1, -0.05) is 48.5 Å². The largest absolute Gasteiger partial charge is 0.460 e. The topological polar surface area (TPSA) is 0 Å². The van der Waals surface area contributed by atoms with Crippen LogP contribution < -0.4 is 0 Å². The predicted octanol–water partition coefficient (Wildman–Crippen LogP) is 17.7. The van der Waals surface area contributed by atoms with E-state index in [1.807, 2.05) is 0 Å². The van der Waals surface area contributed by atoms with Gasteiger partial charge in [-0.15, -0.1) is 22.7 Å². The summed E-state index contributed by atoms with van der Waals surface area (Å²) < 4.78 is 466. The van der Waals surface area contributed by atoms with Gasteiger partial charge in [-0.2, -0.15) is 149 Å². The molecule has 2 heterocycles. The van der Waals surface area contributed by atoms with Crippen molar-refractivity contribution in [1.82, 2.24) is 0 Å². The van der Waals surface area contributed by atoms with Crippen molar-refractivity contribution in [1.29, 1.82) is 0 Å². The van der Waals surface area contributed by atoms with Crippen LogP contribution in [0.25, 0.3) is 30.6 Å². The van der Waals surface area contributed by atoms with Gasteiger partial charge in [-0.05, 0) is 35.4 Å². The molecule has 36 heteroatoms. The monoisotopic (exact) mass is 1150 g/mol. The lowest BCUT2D eigenvalue weighted by Crippen LogP contribution is -2.74. The van der Waals surface area contributed by atoms with Crippen molar-refractivity contribution in [2.75, 3.05) is 0 Å². The molecule has 0 spiro atoms. The highest BCUT2D eigenvalue weighted by molar-refractivity contribution is 7.25. The van der Waals surface area contributed by atoms with Crippen molar-refractivity contribution in [3.63, 3.8) is 0 Å². The highest BCUT2D eigenvalue weighted by atomic mass is 32.1. The van der Waals surface area contributed by atoms with E-state index in [0.717, 1.165) is 24.3 Å². The Hall–Kier alpha value is -4.54. The SMILES string of the molecule is FC(F)(F)C(F)(F)C(F)(F)C(F)(F)C(F)(F)C(F)(F)C(F)(F)C(F)(F)c1ccc(-c2ccc(-c3ccc(-c4ccc(C(F)(F)C(F)(F)C(F)(F)C(F)(F)C(F)(F)C(F)(F)C(F)(F)C(F)(F)F)cc4)s3)s2)cc1. The molecule has 0 fully saturated rings. The average Bonchev–Trinajstić information content (AvgIpc) is 3.93. The van der Waals surface area contributed by atoms with Crippen LogP contribution in [0.15, 0.2) is 72.8 Å². The van der Waals surface area contributed by atoms with Crippen LogP contribution in [0.5, 0.6) is 0 Å². The van der Waals surface area contributed by atoms with E-state index in [0.29, 0.717) is 46.9 Å². The minimum atomic E-state index is -8.85. The quantitative estimate of drug-likeness (QED) is 0.0925. The van der Waals surface area contributed by atoms with E-state index in [1.165, 1.54) is 0 Å². The minimum absolute atomic E-state index is 0.0271. The standard InChI is InChI=1S/C36H12F34S2/c37-21(38,23(41,42)25(45,46)27(49,50)29(53,54)31(57,58)33(61,62)35(65,66)67)15-5-1-13(2-6-15)17-9-11-19(71-17)20-12-10-18(72-20)14-3-7-16(8-4-14)22(39,40)24(43,44)26(47,48)28(51,52)30(55,56)32(59,60)34(63,64)36(68,69)70/h1-12H. The van der Waals surface area contributed by atoms with E-state index in [4.69, 9.17) is 0 Å². The number of alkyl halides is 34. The summed E-state index contributed by atoms with van der Waals surface area (Å²) >= 11 is 1.10. The summed E-state index contributed by atoms with van der Waals surface area (Å²) in [6.07, 6.45) is -15.9. The number of rotatable bonds is 17. The van der Waals surface area contributed by atoms with Gasteiger partial charge in [-0.3, -0.25) is 0 Å². The molecule has 0 amide bonds. The summed E-state index contributed by atoms with van der Waals surface area (Å²) in [4.78, 5) is -0.286. The van der Waals surface area contributed by atoms with Gasteiger partial charge in [-0.25, -0.2) is 0 Å². The van der Waals surface area contributed by atoms with E-state index in [9.17, 15) is 149 Å². The van der Waals surface area contributed by atoms with E-state index in [2.05, 4.69) is 0 Å². The number of benzene rings is 2. The molecule has 4 aromatic rings. The lowest BCUT2D eigenvalue weighted by Gasteiger charge is -2.42. The maximum Gasteiger partial charge on any atom is 0.460 e. The molecule has 0 saturated heterocycles. The zero-order valence-electron chi connectivity index (χ0n) is 32.6. The molecule has 0 aliphatic carbocycles. The molecule has 2 aromatic heterocycles. The van der Waals surface area contributed by atoms with E-state index >= 15 is 0 Å². The number of hydrogen-bond donors (Lipinski definition) is 0. The van der Waals surface area contributed by atoms with Crippen molar-refractivity contribution >= 4 is 22.7 Å². The molecule has 0 aliphatic heterocycles. The van der Waals surface area contributed by atoms with Crippen molar-refractivity contribution in [2.24, 2.45) is 0 Å².